The fraction of sp³-hybridized carbons (Fsp3) is 0.217. The molecule has 166 valence electrons. The van der Waals surface area contributed by atoms with Gasteiger partial charge in [0.1, 0.15) is 17.2 Å². The van der Waals surface area contributed by atoms with E-state index in [4.69, 9.17) is 9.47 Å². The third-order valence-electron chi connectivity index (χ3n) is 4.59. The lowest BCUT2D eigenvalue weighted by Gasteiger charge is -2.08. The Morgan fingerprint density at radius 1 is 1.12 bits per heavy atom. The van der Waals surface area contributed by atoms with E-state index in [1.165, 1.54) is 37.1 Å². The molecule has 0 aliphatic rings. The second-order valence-corrected chi connectivity index (χ2v) is 6.63. The Balaban J connectivity index is 1.76. The number of halogens is 3. The van der Waals surface area contributed by atoms with Crippen LogP contribution in [0.5, 0.6) is 11.5 Å². The molecule has 1 N–H and O–H groups in total. The average molecular weight is 443 g/mol. The minimum absolute atomic E-state index is 0.131. The van der Waals surface area contributed by atoms with E-state index in [0.29, 0.717) is 22.8 Å². The Labute approximate surface area is 183 Å². The zero-order valence-electron chi connectivity index (χ0n) is 17.6. The van der Waals surface area contributed by atoms with Crippen LogP contribution in [-0.4, -0.2) is 36.5 Å². The van der Waals surface area contributed by atoms with Gasteiger partial charge in [-0.15, -0.1) is 0 Å². The summed E-state index contributed by atoms with van der Waals surface area (Å²) in [5, 5.41) is 6.93. The first kappa shape index (κ1) is 22.7. The number of hydrogen-bond donors (Lipinski definition) is 1. The first-order chi connectivity index (χ1) is 15.2. The van der Waals surface area contributed by atoms with Gasteiger partial charge in [-0.2, -0.15) is 18.3 Å². The van der Waals surface area contributed by atoms with Gasteiger partial charge in [0.15, 0.2) is 0 Å². The minimum atomic E-state index is -4.50. The van der Waals surface area contributed by atoms with Gasteiger partial charge in [-0.25, -0.2) is 0 Å². The number of amides is 1. The fourth-order valence-corrected chi connectivity index (χ4v) is 3.02. The molecule has 9 heteroatoms. The molecule has 1 amide bonds. The summed E-state index contributed by atoms with van der Waals surface area (Å²) in [4.78, 5) is 12.5. The van der Waals surface area contributed by atoms with E-state index in [1.54, 1.807) is 31.3 Å². The standard InChI is InChI=1S/C23H20F3N3O3/c1-29-20(14-19(28-29)17-13-16(31-2)10-11-21(17)32-3)22(30)27-12-6-8-15-7-4-5-9-18(15)23(24,25)26/h4-5,7,9-11,13-14H,12H2,1-3H3,(H,27,30). The highest BCUT2D eigenvalue weighted by Gasteiger charge is 2.32. The maximum Gasteiger partial charge on any atom is 0.417 e. The van der Waals surface area contributed by atoms with E-state index in [9.17, 15) is 18.0 Å². The topological polar surface area (TPSA) is 65.4 Å². The number of methoxy groups -OCH3 is 2. The van der Waals surface area contributed by atoms with Crippen molar-refractivity contribution in [2.75, 3.05) is 20.8 Å². The summed E-state index contributed by atoms with van der Waals surface area (Å²) in [5.74, 6) is 5.72. The molecule has 0 saturated heterocycles. The van der Waals surface area contributed by atoms with E-state index >= 15 is 0 Å². The van der Waals surface area contributed by atoms with Crippen LogP contribution in [0.15, 0.2) is 48.5 Å². The maximum absolute atomic E-state index is 13.0. The van der Waals surface area contributed by atoms with Gasteiger partial charge in [-0.1, -0.05) is 24.0 Å². The Morgan fingerprint density at radius 2 is 1.88 bits per heavy atom. The van der Waals surface area contributed by atoms with Gasteiger partial charge in [0.25, 0.3) is 5.91 Å². The summed E-state index contributed by atoms with van der Waals surface area (Å²) in [7, 11) is 4.67. The molecular formula is C23H20F3N3O3. The van der Waals surface area contributed by atoms with E-state index in [2.05, 4.69) is 22.3 Å². The lowest BCUT2D eigenvalue weighted by molar-refractivity contribution is -0.137. The second kappa shape index (κ2) is 9.47. The fourth-order valence-electron chi connectivity index (χ4n) is 3.02. The summed E-state index contributed by atoms with van der Waals surface area (Å²) >= 11 is 0. The maximum atomic E-state index is 13.0. The molecule has 0 bridgehead atoms. The molecule has 0 spiro atoms. The van der Waals surface area contributed by atoms with E-state index < -0.39 is 17.6 Å². The summed E-state index contributed by atoms with van der Waals surface area (Å²) in [6, 6.07) is 11.8. The molecule has 0 radical (unpaired) electrons. The summed E-state index contributed by atoms with van der Waals surface area (Å²) in [5.41, 5.74) is 0.426. The average Bonchev–Trinajstić information content (AvgIpc) is 3.17. The molecule has 6 nitrogen and oxygen atoms in total. The third kappa shape index (κ3) is 5.03. The molecule has 1 heterocycles. The number of nitrogens with zero attached hydrogens (tertiary/aromatic N) is 2. The number of aryl methyl sites for hydroxylation is 1. The van der Waals surface area contributed by atoms with E-state index in [0.717, 1.165) is 6.07 Å². The van der Waals surface area contributed by atoms with Gasteiger partial charge in [0, 0.05) is 18.2 Å². The van der Waals surface area contributed by atoms with Crippen LogP contribution < -0.4 is 14.8 Å². The summed E-state index contributed by atoms with van der Waals surface area (Å²) < 4.78 is 51.1. The smallest absolute Gasteiger partial charge is 0.417 e. The normalized spacial score (nSPS) is 10.8. The number of aromatic nitrogens is 2. The number of rotatable bonds is 5. The molecule has 3 aromatic rings. The van der Waals surface area contributed by atoms with Gasteiger partial charge in [-0.3, -0.25) is 9.48 Å². The predicted molar refractivity (Wildman–Crippen MR) is 112 cm³/mol. The van der Waals surface area contributed by atoms with Crippen molar-refractivity contribution in [2.24, 2.45) is 7.05 Å². The van der Waals surface area contributed by atoms with Crippen molar-refractivity contribution in [3.63, 3.8) is 0 Å². The molecule has 2 aromatic carbocycles. The van der Waals surface area contributed by atoms with Crippen LogP contribution in [0.1, 0.15) is 21.6 Å². The molecule has 0 aliphatic carbocycles. The largest absolute Gasteiger partial charge is 0.497 e. The van der Waals surface area contributed by atoms with Crippen LogP contribution in [0, 0.1) is 11.8 Å². The van der Waals surface area contributed by atoms with Gasteiger partial charge in [-0.05, 0) is 36.4 Å². The van der Waals surface area contributed by atoms with Crippen molar-refractivity contribution >= 4 is 5.91 Å². The monoisotopic (exact) mass is 443 g/mol. The van der Waals surface area contributed by atoms with Crippen molar-refractivity contribution in [3.05, 3.63) is 65.4 Å². The Hall–Kier alpha value is -3.93. The zero-order valence-corrected chi connectivity index (χ0v) is 17.6. The third-order valence-corrected chi connectivity index (χ3v) is 4.59. The lowest BCUT2D eigenvalue weighted by atomic mass is 10.1. The van der Waals surface area contributed by atoms with Crippen LogP contribution >= 0.6 is 0 Å². The quantitative estimate of drug-likeness (QED) is 0.608. The molecular weight excluding hydrogens is 423 g/mol. The summed E-state index contributed by atoms with van der Waals surface area (Å²) in [6.45, 7) is -0.131. The molecule has 0 fully saturated rings. The molecule has 32 heavy (non-hydrogen) atoms. The zero-order chi connectivity index (χ0) is 23.3. The molecule has 3 rings (SSSR count). The molecule has 0 saturated carbocycles. The van der Waals surface area contributed by atoms with Crippen molar-refractivity contribution in [1.29, 1.82) is 0 Å². The van der Waals surface area contributed by atoms with Crippen LogP contribution in [0.25, 0.3) is 11.3 Å². The summed E-state index contributed by atoms with van der Waals surface area (Å²) in [6.07, 6.45) is -4.50. The van der Waals surface area contributed by atoms with E-state index in [1.807, 2.05) is 0 Å². The van der Waals surface area contributed by atoms with Crippen LogP contribution in [-0.2, 0) is 13.2 Å². The predicted octanol–water partition coefficient (Wildman–Crippen LogP) is 3.90. The lowest BCUT2D eigenvalue weighted by Crippen LogP contribution is -2.25. The second-order valence-electron chi connectivity index (χ2n) is 6.63. The highest BCUT2D eigenvalue weighted by molar-refractivity contribution is 5.94. The Kier molecular flexibility index (Phi) is 6.73. The van der Waals surface area contributed by atoms with Gasteiger partial charge in [0.05, 0.1) is 32.0 Å². The molecule has 1 aromatic heterocycles. The number of benzene rings is 2. The number of hydrogen-bond acceptors (Lipinski definition) is 4. The van der Waals surface area contributed by atoms with Crippen molar-refractivity contribution < 1.29 is 27.4 Å². The minimum Gasteiger partial charge on any atom is -0.497 e. The molecule has 0 atom stereocenters. The Morgan fingerprint density at radius 3 is 2.56 bits per heavy atom. The van der Waals surface area contributed by atoms with Gasteiger partial charge in [0.2, 0.25) is 0 Å². The Bertz CT molecular complexity index is 1190. The molecule has 0 unspecified atom stereocenters. The van der Waals surface area contributed by atoms with Crippen molar-refractivity contribution in [1.82, 2.24) is 15.1 Å². The van der Waals surface area contributed by atoms with E-state index in [-0.39, 0.29) is 17.8 Å². The van der Waals surface area contributed by atoms with Crippen LogP contribution in [0.3, 0.4) is 0 Å². The highest BCUT2D eigenvalue weighted by atomic mass is 19.4. The highest BCUT2D eigenvalue weighted by Crippen LogP contribution is 2.33. The van der Waals surface area contributed by atoms with Gasteiger partial charge >= 0.3 is 6.18 Å². The van der Waals surface area contributed by atoms with Gasteiger partial charge < -0.3 is 14.8 Å². The first-order valence-corrected chi connectivity index (χ1v) is 9.44. The van der Waals surface area contributed by atoms with Crippen molar-refractivity contribution in [2.45, 2.75) is 6.18 Å². The number of carbonyl (C=O) groups is 1. The number of nitrogens with one attached hydrogen (secondary N) is 1. The number of alkyl halides is 3. The molecule has 0 aliphatic heterocycles. The van der Waals surface area contributed by atoms with Crippen LogP contribution in [0.4, 0.5) is 13.2 Å². The number of carbonyl (C=O) groups excluding carboxylic acids is 1. The SMILES string of the molecule is COc1ccc(OC)c(-c2cc(C(=O)NCC#Cc3ccccc3C(F)(F)F)n(C)n2)c1. The number of ether oxygens (including phenoxy) is 2. The van der Waals surface area contributed by atoms with Crippen molar-refractivity contribution in [3.8, 4) is 34.6 Å². The van der Waals surface area contributed by atoms with Crippen LogP contribution in [0.2, 0.25) is 0 Å². The first-order valence-electron chi connectivity index (χ1n) is 9.44.